The number of aromatic nitrogens is 4. The van der Waals surface area contributed by atoms with E-state index in [1.807, 2.05) is 30.1 Å². The molecule has 1 N–H and O–H groups in total. The van der Waals surface area contributed by atoms with Gasteiger partial charge in [0.25, 0.3) is 0 Å². The summed E-state index contributed by atoms with van der Waals surface area (Å²) in [5.74, 6) is 0.756. The van der Waals surface area contributed by atoms with Crippen molar-refractivity contribution in [3.8, 4) is 6.07 Å². The van der Waals surface area contributed by atoms with Crippen LogP contribution >= 0.6 is 11.3 Å². The first-order chi connectivity index (χ1) is 12.7. The van der Waals surface area contributed by atoms with Gasteiger partial charge in [-0.1, -0.05) is 17.4 Å². The van der Waals surface area contributed by atoms with Gasteiger partial charge in [0.1, 0.15) is 16.8 Å². The number of aryl methyl sites for hydroxylation is 1. The molecule has 1 atom stereocenters. The molecule has 132 valence electrons. The molecule has 3 aromatic rings. The number of anilines is 2. The van der Waals surface area contributed by atoms with Gasteiger partial charge in [-0.3, -0.25) is 9.58 Å². The van der Waals surface area contributed by atoms with Crippen molar-refractivity contribution in [2.45, 2.75) is 25.4 Å². The fourth-order valence-corrected chi connectivity index (χ4v) is 3.93. The molecule has 7 nitrogen and oxygen atoms in total. The minimum Gasteiger partial charge on any atom is -0.316 e. The summed E-state index contributed by atoms with van der Waals surface area (Å²) >= 11 is 1.33. The summed E-state index contributed by atoms with van der Waals surface area (Å²) in [6, 6.07) is 10.5. The molecule has 26 heavy (non-hydrogen) atoms. The van der Waals surface area contributed by atoms with Crippen molar-refractivity contribution in [2.75, 3.05) is 11.9 Å². The molecule has 0 amide bonds. The lowest BCUT2D eigenvalue weighted by molar-refractivity contribution is 0.241. The van der Waals surface area contributed by atoms with Crippen LogP contribution in [0.4, 0.5) is 10.9 Å². The second-order valence-corrected chi connectivity index (χ2v) is 7.35. The number of hydrogen-bond acceptors (Lipinski definition) is 7. The van der Waals surface area contributed by atoms with Crippen molar-refractivity contribution < 1.29 is 0 Å². The van der Waals surface area contributed by atoms with Crippen LogP contribution < -0.4 is 5.32 Å². The molecule has 1 aliphatic rings. The maximum absolute atomic E-state index is 8.92. The molecule has 0 aliphatic carbocycles. The van der Waals surface area contributed by atoms with Gasteiger partial charge in [0.05, 0.1) is 23.6 Å². The van der Waals surface area contributed by atoms with Crippen molar-refractivity contribution >= 4 is 22.3 Å². The predicted molar refractivity (Wildman–Crippen MR) is 99.9 cm³/mol. The second-order valence-electron chi connectivity index (χ2n) is 6.32. The smallest absolute Gasteiger partial charge is 0.189 e. The number of thiazole rings is 1. The highest BCUT2D eigenvalue weighted by atomic mass is 32.1. The summed E-state index contributed by atoms with van der Waals surface area (Å²) in [4.78, 5) is 12.0. The first kappa shape index (κ1) is 16.7. The van der Waals surface area contributed by atoms with E-state index in [0.717, 1.165) is 43.1 Å². The van der Waals surface area contributed by atoms with Crippen LogP contribution in [0.3, 0.4) is 0 Å². The van der Waals surface area contributed by atoms with Gasteiger partial charge < -0.3 is 5.32 Å². The van der Waals surface area contributed by atoms with E-state index in [1.165, 1.54) is 11.3 Å². The van der Waals surface area contributed by atoms with Gasteiger partial charge in [0, 0.05) is 19.8 Å². The second kappa shape index (κ2) is 7.23. The number of hydrogen-bond donors (Lipinski definition) is 1. The standard InChI is InChI=1S/C18H19N7S/c1-24-9-7-13(23-24)12-25-8-3-5-16(25)15-4-2-6-17(21-15)22-18-20-11-14(10-19)26-18/h2,4,6-7,9,11,16H,3,5,8,12H2,1H3,(H,20,21,22). The van der Waals surface area contributed by atoms with E-state index in [9.17, 15) is 0 Å². The van der Waals surface area contributed by atoms with Crippen LogP contribution in [0.25, 0.3) is 0 Å². The third-order valence-electron chi connectivity index (χ3n) is 4.46. The lowest BCUT2D eigenvalue weighted by Crippen LogP contribution is -2.24. The highest BCUT2D eigenvalue weighted by Crippen LogP contribution is 2.32. The Morgan fingerprint density at radius 3 is 3.08 bits per heavy atom. The summed E-state index contributed by atoms with van der Waals surface area (Å²) in [5.41, 5.74) is 2.14. The Morgan fingerprint density at radius 1 is 1.38 bits per heavy atom. The van der Waals surface area contributed by atoms with Gasteiger partial charge in [0.2, 0.25) is 0 Å². The number of nitrogens with zero attached hydrogens (tertiary/aromatic N) is 6. The summed E-state index contributed by atoms with van der Waals surface area (Å²) < 4.78 is 1.84. The van der Waals surface area contributed by atoms with Gasteiger partial charge in [-0.2, -0.15) is 10.4 Å². The summed E-state index contributed by atoms with van der Waals surface area (Å²) in [6.45, 7) is 1.89. The Morgan fingerprint density at radius 2 is 2.31 bits per heavy atom. The Kier molecular flexibility index (Phi) is 4.65. The lowest BCUT2D eigenvalue weighted by Gasteiger charge is -2.23. The van der Waals surface area contributed by atoms with E-state index >= 15 is 0 Å². The topological polar surface area (TPSA) is 82.7 Å². The van der Waals surface area contributed by atoms with Crippen LogP contribution in [0, 0.1) is 11.3 Å². The van der Waals surface area contributed by atoms with Crippen LogP contribution in [0.15, 0.2) is 36.7 Å². The van der Waals surface area contributed by atoms with Gasteiger partial charge in [-0.15, -0.1) is 0 Å². The molecule has 1 aliphatic heterocycles. The summed E-state index contributed by atoms with van der Waals surface area (Å²) in [5, 5.41) is 17.3. The maximum atomic E-state index is 8.92. The third kappa shape index (κ3) is 3.59. The van der Waals surface area contributed by atoms with Crippen LogP contribution in [0.2, 0.25) is 0 Å². The van der Waals surface area contributed by atoms with E-state index in [0.29, 0.717) is 16.1 Å². The van der Waals surface area contributed by atoms with E-state index in [1.54, 1.807) is 6.20 Å². The molecule has 0 radical (unpaired) electrons. The number of nitrogens with one attached hydrogen (secondary N) is 1. The first-order valence-electron chi connectivity index (χ1n) is 8.54. The molecule has 1 fully saturated rings. The van der Waals surface area contributed by atoms with Crippen molar-refractivity contribution in [3.05, 3.63) is 52.9 Å². The zero-order valence-electron chi connectivity index (χ0n) is 14.5. The van der Waals surface area contributed by atoms with Gasteiger partial charge in [-0.05, 0) is 37.6 Å². The van der Waals surface area contributed by atoms with Gasteiger partial charge in [0.15, 0.2) is 5.13 Å². The number of nitriles is 1. The maximum Gasteiger partial charge on any atom is 0.189 e. The normalized spacial score (nSPS) is 17.3. The molecule has 8 heteroatoms. The third-order valence-corrected chi connectivity index (χ3v) is 5.28. The number of likely N-dealkylation sites (tertiary alicyclic amines) is 1. The SMILES string of the molecule is Cn1ccc(CN2CCCC2c2cccc(Nc3ncc(C#N)s3)n2)n1. The largest absolute Gasteiger partial charge is 0.316 e. The van der Waals surface area contributed by atoms with Crippen molar-refractivity contribution in [1.82, 2.24) is 24.6 Å². The number of pyridine rings is 1. The van der Waals surface area contributed by atoms with Crippen LogP contribution in [-0.2, 0) is 13.6 Å². The molecule has 1 unspecified atom stereocenters. The van der Waals surface area contributed by atoms with Crippen LogP contribution in [0.5, 0.6) is 0 Å². The Bertz CT molecular complexity index is 939. The quantitative estimate of drug-likeness (QED) is 0.747. The Labute approximate surface area is 155 Å². The summed E-state index contributed by atoms with van der Waals surface area (Å²) in [7, 11) is 1.94. The van der Waals surface area contributed by atoms with Crippen molar-refractivity contribution in [1.29, 1.82) is 5.26 Å². The Balaban J connectivity index is 1.50. The van der Waals surface area contributed by atoms with Crippen LogP contribution in [-0.4, -0.2) is 31.2 Å². The zero-order chi connectivity index (χ0) is 17.9. The van der Waals surface area contributed by atoms with E-state index in [2.05, 4.69) is 38.5 Å². The van der Waals surface area contributed by atoms with Gasteiger partial charge in [-0.25, -0.2) is 9.97 Å². The summed E-state index contributed by atoms with van der Waals surface area (Å²) in [6.07, 6.45) is 5.81. The molecule has 0 saturated carbocycles. The zero-order valence-corrected chi connectivity index (χ0v) is 15.3. The van der Waals surface area contributed by atoms with E-state index in [4.69, 9.17) is 10.2 Å². The lowest BCUT2D eigenvalue weighted by atomic mass is 10.1. The fourth-order valence-electron chi connectivity index (χ4n) is 3.31. The average molecular weight is 365 g/mol. The van der Waals surface area contributed by atoms with Crippen molar-refractivity contribution in [3.63, 3.8) is 0 Å². The fraction of sp³-hybridized carbons (Fsp3) is 0.333. The highest BCUT2D eigenvalue weighted by Gasteiger charge is 2.27. The molecule has 1 saturated heterocycles. The minimum absolute atomic E-state index is 0.296. The predicted octanol–water partition coefficient (Wildman–Crippen LogP) is 3.22. The highest BCUT2D eigenvalue weighted by molar-refractivity contribution is 7.16. The van der Waals surface area contributed by atoms with Gasteiger partial charge >= 0.3 is 0 Å². The molecule has 0 aromatic carbocycles. The molecular weight excluding hydrogens is 346 g/mol. The molecule has 4 rings (SSSR count). The van der Waals surface area contributed by atoms with Crippen molar-refractivity contribution in [2.24, 2.45) is 7.05 Å². The monoisotopic (exact) mass is 365 g/mol. The molecule has 4 heterocycles. The molecule has 3 aromatic heterocycles. The first-order valence-corrected chi connectivity index (χ1v) is 9.35. The van der Waals surface area contributed by atoms with Crippen LogP contribution in [0.1, 0.15) is 35.1 Å². The Hall–Kier alpha value is -2.76. The molecular formula is C18H19N7S. The van der Waals surface area contributed by atoms with E-state index in [-0.39, 0.29) is 0 Å². The van der Waals surface area contributed by atoms with E-state index < -0.39 is 0 Å². The molecule has 0 bridgehead atoms. The average Bonchev–Trinajstić information content (AvgIpc) is 3.37. The number of rotatable bonds is 5. The minimum atomic E-state index is 0.296. The molecule has 0 spiro atoms.